The second kappa shape index (κ2) is 6.77. The number of methoxy groups -OCH3 is 1. The largest absolute Gasteiger partial charge is 0.379 e. The molecule has 2 heteroatoms. The van der Waals surface area contributed by atoms with Gasteiger partial charge in [-0.1, -0.05) is 37.3 Å². The highest BCUT2D eigenvalue weighted by Gasteiger charge is 2.16. The highest BCUT2D eigenvalue weighted by molar-refractivity contribution is 5.18. The predicted molar refractivity (Wildman–Crippen MR) is 73.2 cm³/mol. The van der Waals surface area contributed by atoms with Crippen molar-refractivity contribution in [3.8, 4) is 0 Å². The van der Waals surface area contributed by atoms with Crippen LogP contribution in [0.3, 0.4) is 0 Å². The highest BCUT2D eigenvalue weighted by Crippen LogP contribution is 2.17. The van der Waals surface area contributed by atoms with Crippen molar-refractivity contribution in [2.45, 2.75) is 45.3 Å². The maximum absolute atomic E-state index is 5.42. The maximum atomic E-state index is 5.42. The summed E-state index contributed by atoms with van der Waals surface area (Å²) in [7, 11) is 1.77. The fraction of sp³-hybridized carbons (Fsp3) is 0.600. The third kappa shape index (κ3) is 4.88. The van der Waals surface area contributed by atoms with E-state index in [4.69, 9.17) is 4.74 Å². The van der Waals surface area contributed by atoms with Crippen molar-refractivity contribution >= 4 is 0 Å². The van der Waals surface area contributed by atoms with Gasteiger partial charge in [-0.05, 0) is 38.8 Å². The van der Waals surface area contributed by atoms with Gasteiger partial charge in [-0.15, -0.1) is 0 Å². The van der Waals surface area contributed by atoms with Crippen LogP contribution in [0.25, 0.3) is 0 Å². The van der Waals surface area contributed by atoms with Crippen LogP contribution >= 0.6 is 0 Å². The summed E-state index contributed by atoms with van der Waals surface area (Å²) < 4.78 is 5.42. The Hall–Kier alpha value is -0.860. The second-order valence-electron chi connectivity index (χ2n) is 5.04. The van der Waals surface area contributed by atoms with Crippen LogP contribution in [-0.4, -0.2) is 19.3 Å². The third-order valence-electron chi connectivity index (χ3n) is 3.28. The zero-order valence-electron chi connectivity index (χ0n) is 11.5. The molecule has 0 bridgehead atoms. The Morgan fingerprint density at radius 1 is 1.24 bits per heavy atom. The lowest BCUT2D eigenvalue weighted by molar-refractivity contribution is 0.0153. The lowest BCUT2D eigenvalue weighted by atomic mass is 10.0. The Labute approximate surface area is 105 Å². The second-order valence-corrected chi connectivity index (χ2v) is 5.04. The van der Waals surface area contributed by atoms with Gasteiger partial charge in [0.25, 0.3) is 0 Å². The van der Waals surface area contributed by atoms with E-state index in [1.165, 1.54) is 5.56 Å². The molecule has 0 aliphatic rings. The lowest BCUT2D eigenvalue weighted by Gasteiger charge is -2.25. The van der Waals surface area contributed by atoms with Gasteiger partial charge in [0.2, 0.25) is 0 Å². The number of hydrogen-bond donors (Lipinski definition) is 1. The van der Waals surface area contributed by atoms with Gasteiger partial charge >= 0.3 is 0 Å². The quantitative estimate of drug-likeness (QED) is 0.780. The van der Waals surface area contributed by atoms with E-state index in [0.29, 0.717) is 6.04 Å². The minimum absolute atomic E-state index is 0.0397. The number of nitrogens with one attached hydrogen (secondary N) is 1. The summed E-state index contributed by atoms with van der Waals surface area (Å²) in [4.78, 5) is 0. The average Bonchev–Trinajstić information content (AvgIpc) is 2.36. The molecule has 0 saturated heterocycles. The summed E-state index contributed by atoms with van der Waals surface area (Å²) in [6.45, 7) is 7.44. The normalized spacial score (nSPS) is 13.6. The summed E-state index contributed by atoms with van der Waals surface area (Å²) in [6, 6.07) is 11.1. The molecule has 1 rings (SSSR count). The molecular weight excluding hydrogens is 210 g/mol. The minimum atomic E-state index is -0.0397. The van der Waals surface area contributed by atoms with E-state index in [0.717, 1.165) is 19.4 Å². The Morgan fingerprint density at radius 2 is 1.88 bits per heavy atom. The molecule has 2 nitrogen and oxygen atoms in total. The van der Waals surface area contributed by atoms with Gasteiger partial charge in [-0.3, -0.25) is 0 Å². The van der Waals surface area contributed by atoms with Crippen molar-refractivity contribution in [2.24, 2.45) is 0 Å². The molecule has 0 aromatic heterocycles. The van der Waals surface area contributed by atoms with E-state index in [1.807, 2.05) is 0 Å². The van der Waals surface area contributed by atoms with Crippen molar-refractivity contribution < 1.29 is 4.74 Å². The van der Waals surface area contributed by atoms with Gasteiger partial charge in [0.05, 0.1) is 5.60 Å². The van der Waals surface area contributed by atoms with Crippen molar-refractivity contribution in [3.05, 3.63) is 35.9 Å². The molecule has 0 heterocycles. The molecule has 17 heavy (non-hydrogen) atoms. The molecule has 0 fully saturated rings. The van der Waals surface area contributed by atoms with Crippen molar-refractivity contribution in [3.63, 3.8) is 0 Å². The standard InChI is InChI=1S/C15H25NO/c1-5-14(13-9-7-6-8-10-13)16-12-11-15(2,3)17-4/h6-10,14,16H,5,11-12H2,1-4H3. The molecule has 0 spiro atoms. The van der Waals surface area contributed by atoms with E-state index < -0.39 is 0 Å². The van der Waals surface area contributed by atoms with Crippen LogP contribution in [0.2, 0.25) is 0 Å². The average molecular weight is 235 g/mol. The molecule has 0 aliphatic carbocycles. The number of rotatable bonds is 7. The molecule has 96 valence electrons. The summed E-state index contributed by atoms with van der Waals surface area (Å²) in [6.07, 6.45) is 2.13. The van der Waals surface area contributed by atoms with Crippen LogP contribution in [0.1, 0.15) is 45.2 Å². The molecule has 0 aliphatic heterocycles. The molecule has 1 N–H and O–H groups in total. The topological polar surface area (TPSA) is 21.3 Å². The first kappa shape index (κ1) is 14.2. The van der Waals surface area contributed by atoms with Gasteiger partial charge in [0.1, 0.15) is 0 Å². The molecule has 1 aromatic rings. The van der Waals surface area contributed by atoms with Gasteiger partial charge < -0.3 is 10.1 Å². The van der Waals surface area contributed by atoms with Crippen LogP contribution in [0.15, 0.2) is 30.3 Å². The van der Waals surface area contributed by atoms with E-state index >= 15 is 0 Å². The van der Waals surface area contributed by atoms with Crippen LogP contribution < -0.4 is 5.32 Å². The first-order chi connectivity index (χ1) is 8.09. The third-order valence-corrected chi connectivity index (χ3v) is 3.28. The molecule has 0 radical (unpaired) electrons. The smallest absolute Gasteiger partial charge is 0.0634 e. The Bertz CT molecular complexity index is 308. The summed E-state index contributed by atoms with van der Waals surface area (Å²) in [5, 5.41) is 3.60. The molecule has 0 saturated carbocycles. The zero-order chi connectivity index (χ0) is 12.7. The van der Waals surface area contributed by atoms with Gasteiger partial charge in [0.15, 0.2) is 0 Å². The predicted octanol–water partition coefficient (Wildman–Crippen LogP) is 3.54. The number of benzene rings is 1. The molecule has 1 aromatic carbocycles. The van der Waals surface area contributed by atoms with E-state index in [1.54, 1.807) is 7.11 Å². The van der Waals surface area contributed by atoms with Crippen LogP contribution in [-0.2, 0) is 4.74 Å². The SMILES string of the molecule is CCC(NCCC(C)(C)OC)c1ccccc1. The van der Waals surface area contributed by atoms with E-state index in [2.05, 4.69) is 56.4 Å². The van der Waals surface area contributed by atoms with Gasteiger partial charge in [-0.2, -0.15) is 0 Å². The molecular formula is C15H25NO. The molecule has 0 amide bonds. The van der Waals surface area contributed by atoms with Crippen molar-refractivity contribution in [1.82, 2.24) is 5.32 Å². The summed E-state index contributed by atoms with van der Waals surface area (Å²) in [5.74, 6) is 0. The van der Waals surface area contributed by atoms with Crippen LogP contribution in [0.4, 0.5) is 0 Å². The van der Waals surface area contributed by atoms with Crippen molar-refractivity contribution in [1.29, 1.82) is 0 Å². The first-order valence-electron chi connectivity index (χ1n) is 6.42. The molecule has 1 unspecified atom stereocenters. The highest BCUT2D eigenvalue weighted by atomic mass is 16.5. The van der Waals surface area contributed by atoms with E-state index in [-0.39, 0.29) is 5.60 Å². The summed E-state index contributed by atoms with van der Waals surface area (Å²) in [5.41, 5.74) is 1.33. The Kier molecular flexibility index (Phi) is 5.66. The van der Waals surface area contributed by atoms with Crippen LogP contribution in [0, 0.1) is 0 Å². The Morgan fingerprint density at radius 3 is 2.41 bits per heavy atom. The fourth-order valence-corrected chi connectivity index (χ4v) is 1.83. The van der Waals surface area contributed by atoms with Crippen molar-refractivity contribution in [2.75, 3.05) is 13.7 Å². The molecule has 1 atom stereocenters. The van der Waals surface area contributed by atoms with Gasteiger partial charge in [-0.25, -0.2) is 0 Å². The summed E-state index contributed by atoms with van der Waals surface area (Å²) >= 11 is 0. The van der Waals surface area contributed by atoms with Gasteiger partial charge in [0, 0.05) is 13.2 Å². The van der Waals surface area contributed by atoms with Crippen LogP contribution in [0.5, 0.6) is 0 Å². The minimum Gasteiger partial charge on any atom is -0.379 e. The lowest BCUT2D eigenvalue weighted by Crippen LogP contribution is -2.30. The first-order valence-corrected chi connectivity index (χ1v) is 6.42. The monoisotopic (exact) mass is 235 g/mol. The maximum Gasteiger partial charge on any atom is 0.0634 e. The van der Waals surface area contributed by atoms with E-state index in [9.17, 15) is 0 Å². The number of ether oxygens (including phenoxy) is 1. The Balaban J connectivity index is 2.44. The zero-order valence-corrected chi connectivity index (χ0v) is 11.5. The number of hydrogen-bond acceptors (Lipinski definition) is 2. The fourth-order valence-electron chi connectivity index (χ4n) is 1.83.